The number of rotatable bonds is 6. The predicted molar refractivity (Wildman–Crippen MR) is 79.1 cm³/mol. The van der Waals surface area contributed by atoms with Gasteiger partial charge in [-0.05, 0) is 24.3 Å². The molecule has 1 aromatic carbocycles. The second kappa shape index (κ2) is 7.16. The van der Waals surface area contributed by atoms with E-state index < -0.39 is 17.8 Å². The van der Waals surface area contributed by atoms with Crippen LogP contribution in [-0.2, 0) is 9.59 Å². The number of amides is 4. The lowest BCUT2D eigenvalue weighted by molar-refractivity contribution is -0.118. The molecule has 120 valence electrons. The van der Waals surface area contributed by atoms with E-state index in [9.17, 15) is 19.2 Å². The number of benzene rings is 1. The lowest BCUT2D eigenvalue weighted by Crippen LogP contribution is -2.31. The molecule has 23 heavy (non-hydrogen) atoms. The van der Waals surface area contributed by atoms with Crippen LogP contribution in [0.4, 0.5) is 4.79 Å². The number of ether oxygens (including phenoxy) is 1. The summed E-state index contributed by atoms with van der Waals surface area (Å²) in [5.74, 6) is -0.819. The number of carbonyl (C=O) groups excluding carboxylic acids is 4. The first kappa shape index (κ1) is 16.1. The molecule has 4 amide bonds. The minimum absolute atomic E-state index is 0.220. The van der Waals surface area contributed by atoms with Gasteiger partial charge in [0.1, 0.15) is 18.5 Å². The molecule has 0 saturated carbocycles. The summed E-state index contributed by atoms with van der Waals surface area (Å²) in [6, 6.07) is 5.75. The summed E-state index contributed by atoms with van der Waals surface area (Å²) in [6.45, 7) is -0.463. The molecule has 9 heteroatoms. The van der Waals surface area contributed by atoms with Crippen LogP contribution in [0.2, 0.25) is 0 Å². The van der Waals surface area contributed by atoms with Crippen molar-refractivity contribution in [2.45, 2.75) is 0 Å². The fraction of sp³-hybridized carbons (Fsp3) is 0.214. The molecule has 9 nitrogen and oxygen atoms in total. The standard InChI is InChI=1S/C14H14N4O5/c1-23-10-4-2-9(3-5-10)11(19)6-15-12(20)7-16-18-8-13(21)17-14(18)22/h2-5,7H,6,8H2,1H3,(H,15,20)(H,17,21,22)/b16-7+. The van der Waals surface area contributed by atoms with E-state index in [2.05, 4.69) is 10.4 Å². The first-order valence-corrected chi connectivity index (χ1v) is 6.60. The number of imide groups is 1. The molecular formula is C14H14N4O5. The molecule has 0 bridgehead atoms. The van der Waals surface area contributed by atoms with Gasteiger partial charge in [-0.1, -0.05) is 0 Å². The van der Waals surface area contributed by atoms with Crippen LogP contribution in [0.5, 0.6) is 5.75 Å². The maximum absolute atomic E-state index is 11.9. The van der Waals surface area contributed by atoms with Crippen LogP contribution in [0.3, 0.4) is 0 Å². The molecule has 0 unspecified atom stereocenters. The Morgan fingerprint density at radius 1 is 1.35 bits per heavy atom. The lowest BCUT2D eigenvalue weighted by atomic mass is 10.1. The molecule has 1 fully saturated rings. The molecule has 1 heterocycles. The largest absolute Gasteiger partial charge is 0.497 e. The number of methoxy groups -OCH3 is 1. The van der Waals surface area contributed by atoms with Crippen LogP contribution >= 0.6 is 0 Å². The number of nitrogens with one attached hydrogen (secondary N) is 2. The molecule has 1 aliphatic heterocycles. The SMILES string of the molecule is COc1ccc(C(=O)CNC(=O)/C=N/N2CC(=O)NC2=O)cc1. The predicted octanol–water partition coefficient (Wildman–Crippen LogP) is -0.468. The Bertz CT molecular complexity index is 668. The van der Waals surface area contributed by atoms with E-state index >= 15 is 0 Å². The summed E-state index contributed by atoms with van der Waals surface area (Å²) in [6.07, 6.45) is 0.833. The molecule has 0 radical (unpaired) electrons. The average molecular weight is 318 g/mol. The minimum atomic E-state index is -0.701. The van der Waals surface area contributed by atoms with E-state index in [-0.39, 0.29) is 18.9 Å². The van der Waals surface area contributed by atoms with Crippen LogP contribution in [0.1, 0.15) is 10.4 Å². The van der Waals surface area contributed by atoms with Crippen LogP contribution < -0.4 is 15.4 Å². The highest BCUT2D eigenvalue weighted by Crippen LogP contribution is 2.11. The number of carbonyl (C=O) groups is 4. The molecule has 2 rings (SSSR count). The highest BCUT2D eigenvalue weighted by atomic mass is 16.5. The maximum atomic E-state index is 11.9. The summed E-state index contributed by atoms with van der Waals surface area (Å²) >= 11 is 0. The topological polar surface area (TPSA) is 117 Å². The van der Waals surface area contributed by atoms with Gasteiger partial charge in [-0.15, -0.1) is 0 Å². The van der Waals surface area contributed by atoms with Crippen LogP contribution in [0, 0.1) is 0 Å². The second-order valence-electron chi connectivity index (χ2n) is 4.53. The van der Waals surface area contributed by atoms with Crippen molar-refractivity contribution in [3.8, 4) is 5.75 Å². The molecular weight excluding hydrogens is 304 g/mol. The van der Waals surface area contributed by atoms with Gasteiger partial charge in [0.15, 0.2) is 5.78 Å². The van der Waals surface area contributed by atoms with Crippen molar-refractivity contribution in [3.63, 3.8) is 0 Å². The van der Waals surface area contributed by atoms with Crippen molar-refractivity contribution >= 4 is 29.8 Å². The van der Waals surface area contributed by atoms with E-state index in [1.54, 1.807) is 24.3 Å². The second-order valence-corrected chi connectivity index (χ2v) is 4.53. The van der Waals surface area contributed by atoms with Crippen molar-refractivity contribution in [2.24, 2.45) is 5.10 Å². The fourth-order valence-corrected chi connectivity index (χ4v) is 1.74. The van der Waals surface area contributed by atoms with E-state index in [4.69, 9.17) is 4.74 Å². The monoisotopic (exact) mass is 318 g/mol. The third-order valence-electron chi connectivity index (χ3n) is 2.92. The van der Waals surface area contributed by atoms with Gasteiger partial charge in [-0.3, -0.25) is 19.7 Å². The number of urea groups is 1. The molecule has 1 saturated heterocycles. The first-order chi connectivity index (χ1) is 11.0. The highest BCUT2D eigenvalue weighted by molar-refractivity contribution is 6.27. The van der Waals surface area contributed by atoms with Crippen molar-refractivity contribution < 1.29 is 23.9 Å². The van der Waals surface area contributed by atoms with E-state index in [0.29, 0.717) is 11.3 Å². The zero-order valence-electron chi connectivity index (χ0n) is 12.2. The molecule has 0 aromatic heterocycles. The Morgan fingerprint density at radius 3 is 2.61 bits per heavy atom. The average Bonchev–Trinajstić information content (AvgIpc) is 2.88. The number of hydrogen-bond donors (Lipinski definition) is 2. The smallest absolute Gasteiger partial charge is 0.344 e. The Kier molecular flexibility index (Phi) is 5.03. The highest BCUT2D eigenvalue weighted by Gasteiger charge is 2.26. The number of ketones is 1. The van der Waals surface area contributed by atoms with Gasteiger partial charge in [-0.25, -0.2) is 9.80 Å². The van der Waals surface area contributed by atoms with Gasteiger partial charge < -0.3 is 10.1 Å². The van der Waals surface area contributed by atoms with Crippen molar-refractivity contribution in [2.75, 3.05) is 20.2 Å². The van der Waals surface area contributed by atoms with Gasteiger partial charge in [0.25, 0.3) is 5.91 Å². The van der Waals surface area contributed by atoms with E-state index in [1.165, 1.54) is 7.11 Å². The quantitative estimate of drug-likeness (QED) is 0.418. The van der Waals surface area contributed by atoms with Crippen LogP contribution in [-0.4, -0.2) is 55.1 Å². The normalized spacial score (nSPS) is 14.0. The Labute approximate surface area is 131 Å². The van der Waals surface area contributed by atoms with Crippen molar-refractivity contribution in [3.05, 3.63) is 29.8 Å². The van der Waals surface area contributed by atoms with E-state index in [1.807, 2.05) is 5.32 Å². The summed E-state index contributed by atoms with van der Waals surface area (Å²) in [7, 11) is 1.52. The summed E-state index contributed by atoms with van der Waals surface area (Å²) in [5.41, 5.74) is 0.424. The zero-order valence-corrected chi connectivity index (χ0v) is 12.2. The van der Waals surface area contributed by atoms with Gasteiger partial charge in [0.2, 0.25) is 5.91 Å². The Balaban J connectivity index is 1.82. The molecule has 0 aliphatic carbocycles. The lowest BCUT2D eigenvalue weighted by Gasteiger charge is -2.05. The van der Waals surface area contributed by atoms with Gasteiger partial charge in [-0.2, -0.15) is 5.10 Å². The molecule has 1 aliphatic rings. The van der Waals surface area contributed by atoms with Gasteiger partial charge >= 0.3 is 6.03 Å². The Morgan fingerprint density at radius 2 is 2.04 bits per heavy atom. The zero-order chi connectivity index (χ0) is 16.8. The van der Waals surface area contributed by atoms with Crippen molar-refractivity contribution in [1.29, 1.82) is 0 Å². The first-order valence-electron chi connectivity index (χ1n) is 6.60. The summed E-state index contributed by atoms with van der Waals surface area (Å²) in [4.78, 5) is 45.5. The molecule has 0 spiro atoms. The summed E-state index contributed by atoms with van der Waals surface area (Å²) in [5, 5.41) is 8.73. The third-order valence-corrected chi connectivity index (χ3v) is 2.92. The van der Waals surface area contributed by atoms with E-state index in [0.717, 1.165) is 11.2 Å². The number of hydrazone groups is 1. The maximum Gasteiger partial charge on any atom is 0.344 e. The Hall–Kier alpha value is -3.23. The third kappa shape index (κ3) is 4.37. The van der Waals surface area contributed by atoms with Gasteiger partial charge in [0.05, 0.1) is 13.7 Å². The summed E-state index contributed by atoms with van der Waals surface area (Å²) < 4.78 is 4.98. The number of Topliss-reactive ketones (excluding diaryl/α,β-unsaturated/α-hetero) is 1. The van der Waals surface area contributed by atoms with Gasteiger partial charge in [0, 0.05) is 5.56 Å². The van der Waals surface area contributed by atoms with Crippen LogP contribution in [0.25, 0.3) is 0 Å². The minimum Gasteiger partial charge on any atom is -0.497 e. The molecule has 0 atom stereocenters. The number of hydrogen-bond acceptors (Lipinski definition) is 6. The molecule has 1 aromatic rings. The molecule has 2 N–H and O–H groups in total. The fourth-order valence-electron chi connectivity index (χ4n) is 1.74. The van der Waals surface area contributed by atoms with Crippen LogP contribution in [0.15, 0.2) is 29.4 Å². The number of nitrogens with zero attached hydrogens (tertiary/aromatic N) is 2. The van der Waals surface area contributed by atoms with Crippen molar-refractivity contribution in [1.82, 2.24) is 15.6 Å².